The highest BCUT2D eigenvalue weighted by Crippen LogP contribution is 2.17. The maximum absolute atomic E-state index is 5.65. The van der Waals surface area contributed by atoms with Crippen LogP contribution in [-0.4, -0.2) is 41.7 Å². The van der Waals surface area contributed by atoms with Gasteiger partial charge in [-0.3, -0.25) is 0 Å². The summed E-state index contributed by atoms with van der Waals surface area (Å²) in [7, 11) is -2.30. The van der Waals surface area contributed by atoms with Crippen LogP contribution in [0.3, 0.4) is 0 Å². The Hall–Kier alpha value is 0.0169. The molecule has 0 saturated heterocycles. The molecule has 0 atom stereocenters. The van der Waals surface area contributed by atoms with E-state index in [1.807, 2.05) is 20.8 Å². The van der Waals surface area contributed by atoms with Crippen LogP contribution < -0.4 is 11.5 Å². The summed E-state index contributed by atoms with van der Waals surface area (Å²) in [6.45, 7) is 11.7. The summed E-state index contributed by atoms with van der Waals surface area (Å²) in [5, 5.41) is 0. The SMILES string of the molecule is CCC[Si](OCC)(OCC)OCC.NCCCCCCN. The highest BCUT2D eigenvalue weighted by atomic mass is 28.4. The van der Waals surface area contributed by atoms with E-state index >= 15 is 0 Å². The zero-order valence-corrected chi connectivity index (χ0v) is 15.7. The number of hydrogen-bond acceptors (Lipinski definition) is 5. The second-order valence-corrected chi connectivity index (χ2v) is 7.46. The summed E-state index contributed by atoms with van der Waals surface area (Å²) < 4.78 is 16.9. The number of unbranched alkanes of at least 4 members (excludes halogenated alkanes) is 3. The Morgan fingerprint density at radius 1 is 0.667 bits per heavy atom. The van der Waals surface area contributed by atoms with E-state index in [0.29, 0.717) is 19.8 Å². The molecule has 0 radical (unpaired) electrons. The number of hydrogen-bond donors (Lipinski definition) is 2. The Bertz CT molecular complexity index is 162. The van der Waals surface area contributed by atoms with E-state index in [2.05, 4.69) is 6.92 Å². The van der Waals surface area contributed by atoms with Gasteiger partial charge in [0.15, 0.2) is 0 Å². The van der Waals surface area contributed by atoms with Crippen molar-refractivity contribution in [1.29, 1.82) is 0 Å². The fourth-order valence-corrected chi connectivity index (χ4v) is 4.56. The third-order valence-corrected chi connectivity index (χ3v) is 6.11. The summed E-state index contributed by atoms with van der Waals surface area (Å²) >= 11 is 0. The van der Waals surface area contributed by atoms with Gasteiger partial charge in [-0.2, -0.15) is 0 Å². The lowest BCUT2D eigenvalue weighted by Gasteiger charge is -2.27. The summed E-state index contributed by atoms with van der Waals surface area (Å²) in [6, 6.07) is 0.919. The summed E-state index contributed by atoms with van der Waals surface area (Å²) in [4.78, 5) is 0. The minimum Gasteiger partial charge on any atom is -0.374 e. The first kappa shape index (κ1) is 23.3. The smallest absolute Gasteiger partial charge is 0.374 e. The zero-order valence-electron chi connectivity index (χ0n) is 14.7. The lowest BCUT2D eigenvalue weighted by Crippen LogP contribution is -2.45. The molecule has 0 aliphatic carbocycles. The van der Waals surface area contributed by atoms with Crippen LogP contribution in [0.5, 0.6) is 0 Å². The molecular formula is C15H38N2O3Si. The normalized spacial score (nSPS) is 11.1. The van der Waals surface area contributed by atoms with Crippen molar-refractivity contribution in [2.45, 2.75) is 65.8 Å². The molecule has 21 heavy (non-hydrogen) atoms. The van der Waals surface area contributed by atoms with Crippen LogP contribution in [0.2, 0.25) is 6.04 Å². The fourth-order valence-electron chi connectivity index (χ4n) is 1.95. The molecule has 0 aromatic carbocycles. The Labute approximate surface area is 133 Å². The molecule has 6 heteroatoms. The molecule has 4 N–H and O–H groups in total. The van der Waals surface area contributed by atoms with E-state index in [9.17, 15) is 0 Å². The predicted octanol–water partition coefficient (Wildman–Crippen LogP) is 2.91. The van der Waals surface area contributed by atoms with Crippen molar-refractivity contribution in [3.8, 4) is 0 Å². The Morgan fingerprint density at radius 3 is 1.29 bits per heavy atom. The molecule has 0 aliphatic heterocycles. The van der Waals surface area contributed by atoms with Crippen LogP contribution in [0, 0.1) is 0 Å². The first-order chi connectivity index (χ1) is 10.2. The molecule has 0 aromatic rings. The van der Waals surface area contributed by atoms with E-state index in [4.69, 9.17) is 24.7 Å². The summed E-state index contributed by atoms with van der Waals surface area (Å²) in [5.74, 6) is 0. The van der Waals surface area contributed by atoms with Crippen LogP contribution in [0.15, 0.2) is 0 Å². The van der Waals surface area contributed by atoms with Crippen molar-refractivity contribution in [3.05, 3.63) is 0 Å². The molecule has 0 fully saturated rings. The molecule has 130 valence electrons. The molecule has 0 spiro atoms. The molecule has 0 bridgehead atoms. The molecule has 0 aliphatic rings. The van der Waals surface area contributed by atoms with Gasteiger partial charge in [0.1, 0.15) is 0 Å². The first-order valence-corrected chi connectivity index (χ1v) is 10.4. The van der Waals surface area contributed by atoms with E-state index in [-0.39, 0.29) is 0 Å². The largest absolute Gasteiger partial charge is 0.500 e. The van der Waals surface area contributed by atoms with Gasteiger partial charge in [0, 0.05) is 25.9 Å². The van der Waals surface area contributed by atoms with E-state index < -0.39 is 8.80 Å². The van der Waals surface area contributed by atoms with Crippen molar-refractivity contribution in [1.82, 2.24) is 0 Å². The van der Waals surface area contributed by atoms with Gasteiger partial charge in [0.2, 0.25) is 0 Å². The Morgan fingerprint density at radius 2 is 1.05 bits per heavy atom. The van der Waals surface area contributed by atoms with Crippen molar-refractivity contribution in [3.63, 3.8) is 0 Å². The fraction of sp³-hybridized carbons (Fsp3) is 1.00. The van der Waals surface area contributed by atoms with Gasteiger partial charge in [-0.25, -0.2) is 0 Å². The minimum atomic E-state index is -2.30. The van der Waals surface area contributed by atoms with Gasteiger partial charge in [0.05, 0.1) is 0 Å². The third-order valence-electron chi connectivity index (χ3n) is 2.81. The summed E-state index contributed by atoms with van der Waals surface area (Å²) in [5.41, 5.74) is 10.6. The Kier molecular flexibility index (Phi) is 20.0. The molecule has 0 rings (SSSR count). The lowest BCUT2D eigenvalue weighted by atomic mass is 10.2. The molecule has 5 nitrogen and oxygen atoms in total. The molecule has 0 amide bonds. The molecule has 0 unspecified atom stereocenters. The highest BCUT2D eigenvalue weighted by Gasteiger charge is 2.38. The maximum atomic E-state index is 5.65. The second-order valence-electron chi connectivity index (χ2n) is 4.72. The summed E-state index contributed by atoms with van der Waals surface area (Å²) in [6.07, 6.45) is 5.84. The topological polar surface area (TPSA) is 79.7 Å². The van der Waals surface area contributed by atoms with Gasteiger partial charge in [-0.15, -0.1) is 0 Å². The van der Waals surface area contributed by atoms with Crippen LogP contribution >= 0.6 is 0 Å². The van der Waals surface area contributed by atoms with Crippen molar-refractivity contribution in [2.24, 2.45) is 11.5 Å². The van der Waals surface area contributed by atoms with Crippen molar-refractivity contribution >= 4 is 8.80 Å². The maximum Gasteiger partial charge on any atom is 0.500 e. The quantitative estimate of drug-likeness (QED) is 0.402. The van der Waals surface area contributed by atoms with E-state index in [1.54, 1.807) is 0 Å². The molecule has 0 heterocycles. The second kappa shape index (κ2) is 18.1. The molecular weight excluding hydrogens is 284 g/mol. The van der Waals surface area contributed by atoms with Crippen LogP contribution in [-0.2, 0) is 13.3 Å². The van der Waals surface area contributed by atoms with Crippen molar-refractivity contribution in [2.75, 3.05) is 32.9 Å². The molecule has 0 saturated carbocycles. The van der Waals surface area contributed by atoms with E-state index in [1.165, 1.54) is 12.8 Å². The monoisotopic (exact) mass is 322 g/mol. The van der Waals surface area contributed by atoms with Gasteiger partial charge in [-0.05, 0) is 46.7 Å². The van der Waals surface area contributed by atoms with Gasteiger partial charge >= 0.3 is 8.80 Å². The van der Waals surface area contributed by atoms with E-state index in [0.717, 1.165) is 38.4 Å². The van der Waals surface area contributed by atoms with Gasteiger partial charge < -0.3 is 24.7 Å². The standard InChI is InChI=1S/C9H22O3Si.C6H16N2/c1-5-9-13(10-6-2,11-7-3)12-8-4;7-5-3-1-2-4-6-8/h5-9H2,1-4H3;1-8H2. The average Bonchev–Trinajstić information content (AvgIpc) is 2.46. The minimum absolute atomic E-state index is 0.673. The molecule has 0 aromatic heterocycles. The van der Waals surface area contributed by atoms with Crippen LogP contribution in [0.4, 0.5) is 0 Å². The average molecular weight is 323 g/mol. The zero-order chi connectivity index (χ0) is 16.4. The number of rotatable bonds is 13. The third kappa shape index (κ3) is 14.7. The van der Waals surface area contributed by atoms with Crippen LogP contribution in [0.25, 0.3) is 0 Å². The predicted molar refractivity (Wildman–Crippen MR) is 92.3 cm³/mol. The van der Waals surface area contributed by atoms with Gasteiger partial charge in [-0.1, -0.05) is 26.2 Å². The van der Waals surface area contributed by atoms with Crippen molar-refractivity contribution < 1.29 is 13.3 Å². The van der Waals surface area contributed by atoms with Gasteiger partial charge in [0.25, 0.3) is 0 Å². The lowest BCUT2D eigenvalue weighted by molar-refractivity contribution is 0.0712. The Balaban J connectivity index is 0. The highest BCUT2D eigenvalue weighted by molar-refractivity contribution is 6.60. The number of nitrogens with two attached hydrogens (primary N) is 2. The first-order valence-electron chi connectivity index (χ1n) is 8.48. The van der Waals surface area contributed by atoms with Crippen LogP contribution in [0.1, 0.15) is 59.8 Å².